The van der Waals surface area contributed by atoms with Crippen molar-refractivity contribution in [1.82, 2.24) is 15.5 Å². The Morgan fingerprint density at radius 3 is 3.00 bits per heavy atom. The Hall–Kier alpha value is -2.45. The summed E-state index contributed by atoms with van der Waals surface area (Å²) in [7, 11) is 0. The van der Waals surface area contributed by atoms with Crippen LogP contribution in [0.1, 0.15) is 16.2 Å². The van der Waals surface area contributed by atoms with Crippen LogP contribution in [-0.2, 0) is 6.61 Å². The maximum atomic E-state index is 13.0. The summed E-state index contributed by atoms with van der Waals surface area (Å²) in [4.78, 5) is 11.7. The van der Waals surface area contributed by atoms with E-state index in [0.717, 1.165) is 0 Å². The molecule has 8 heteroatoms. The van der Waals surface area contributed by atoms with Crippen molar-refractivity contribution < 1.29 is 24.1 Å². The van der Waals surface area contributed by atoms with Gasteiger partial charge in [0.1, 0.15) is 23.9 Å². The van der Waals surface area contributed by atoms with Crippen LogP contribution in [0.2, 0.25) is 0 Å². The number of carbonyl (C=O) groups excluding carboxylic acids is 1. The second-order valence-electron chi connectivity index (χ2n) is 4.57. The third-order valence-corrected chi connectivity index (χ3v) is 2.76. The molecular weight excluding hydrogens is 293 g/mol. The maximum Gasteiger partial charge on any atom is 0.271 e. The van der Waals surface area contributed by atoms with Crippen molar-refractivity contribution in [2.24, 2.45) is 0 Å². The molecule has 7 nitrogen and oxygen atoms in total. The zero-order valence-electron chi connectivity index (χ0n) is 11.6. The SMILES string of the molecule is O=C(NC[C@H](O)CO)c1cc(COc2cccc(F)c2)[nH]n1. The summed E-state index contributed by atoms with van der Waals surface area (Å²) in [5.74, 6) is -0.517. The van der Waals surface area contributed by atoms with Gasteiger partial charge in [-0.1, -0.05) is 6.07 Å². The lowest BCUT2D eigenvalue weighted by atomic mass is 10.3. The summed E-state index contributed by atoms with van der Waals surface area (Å²) in [6.45, 7) is -0.409. The highest BCUT2D eigenvalue weighted by molar-refractivity contribution is 5.92. The van der Waals surface area contributed by atoms with Gasteiger partial charge in [-0.15, -0.1) is 0 Å². The van der Waals surface area contributed by atoms with Gasteiger partial charge in [-0.05, 0) is 18.2 Å². The summed E-state index contributed by atoms with van der Waals surface area (Å²) in [5.41, 5.74) is 0.667. The Balaban J connectivity index is 1.87. The lowest BCUT2D eigenvalue weighted by Gasteiger charge is -2.07. The minimum absolute atomic E-state index is 0.0721. The number of halogens is 1. The van der Waals surface area contributed by atoms with E-state index < -0.39 is 24.4 Å². The van der Waals surface area contributed by atoms with Crippen molar-refractivity contribution in [3.05, 3.63) is 47.5 Å². The fourth-order valence-electron chi connectivity index (χ4n) is 1.64. The van der Waals surface area contributed by atoms with Crippen LogP contribution >= 0.6 is 0 Å². The number of H-pyrrole nitrogens is 1. The van der Waals surface area contributed by atoms with Gasteiger partial charge in [0.05, 0.1) is 18.4 Å². The van der Waals surface area contributed by atoms with E-state index in [4.69, 9.17) is 14.9 Å². The zero-order chi connectivity index (χ0) is 15.9. The average molecular weight is 309 g/mol. The predicted molar refractivity (Wildman–Crippen MR) is 74.7 cm³/mol. The molecule has 1 amide bonds. The van der Waals surface area contributed by atoms with Crippen LogP contribution in [0.5, 0.6) is 5.75 Å². The van der Waals surface area contributed by atoms with Gasteiger partial charge in [0, 0.05) is 12.6 Å². The normalized spacial score (nSPS) is 12.0. The first-order chi connectivity index (χ1) is 10.6. The highest BCUT2D eigenvalue weighted by Crippen LogP contribution is 2.13. The zero-order valence-corrected chi connectivity index (χ0v) is 11.6. The van der Waals surface area contributed by atoms with Gasteiger partial charge in [-0.25, -0.2) is 4.39 Å². The molecule has 0 aliphatic carbocycles. The summed E-state index contributed by atoms with van der Waals surface area (Å²) in [6.07, 6.45) is -1.02. The van der Waals surface area contributed by atoms with Gasteiger partial charge in [-0.2, -0.15) is 5.10 Å². The van der Waals surface area contributed by atoms with Crippen molar-refractivity contribution in [3.8, 4) is 5.75 Å². The highest BCUT2D eigenvalue weighted by atomic mass is 19.1. The number of hydrogen-bond donors (Lipinski definition) is 4. The van der Waals surface area contributed by atoms with E-state index in [-0.39, 0.29) is 18.8 Å². The number of hydrogen-bond acceptors (Lipinski definition) is 5. The molecule has 0 unspecified atom stereocenters. The topological polar surface area (TPSA) is 107 Å². The second kappa shape index (κ2) is 7.53. The summed E-state index contributed by atoms with van der Waals surface area (Å²) in [6, 6.07) is 7.19. The number of aliphatic hydroxyl groups is 2. The first-order valence-corrected chi connectivity index (χ1v) is 6.58. The highest BCUT2D eigenvalue weighted by Gasteiger charge is 2.12. The number of aromatic nitrogens is 2. The molecule has 2 rings (SSSR count). The van der Waals surface area contributed by atoms with Crippen molar-refractivity contribution >= 4 is 5.91 Å². The van der Waals surface area contributed by atoms with Crippen LogP contribution in [0.15, 0.2) is 30.3 Å². The lowest BCUT2D eigenvalue weighted by Crippen LogP contribution is -2.34. The quantitative estimate of drug-likeness (QED) is 0.585. The van der Waals surface area contributed by atoms with E-state index in [2.05, 4.69) is 15.5 Å². The largest absolute Gasteiger partial charge is 0.487 e. The van der Waals surface area contributed by atoms with E-state index in [1.54, 1.807) is 6.07 Å². The Kier molecular flexibility index (Phi) is 5.45. The third-order valence-electron chi connectivity index (χ3n) is 2.76. The lowest BCUT2D eigenvalue weighted by molar-refractivity contribution is 0.0798. The Labute approximate surface area is 125 Å². The van der Waals surface area contributed by atoms with Gasteiger partial charge in [-0.3, -0.25) is 9.89 Å². The standard InChI is InChI=1S/C14H16FN3O4/c15-9-2-1-3-12(4-9)22-8-10-5-13(18-17-10)14(21)16-6-11(20)7-19/h1-5,11,19-20H,6-8H2,(H,16,21)(H,17,18)/t11-/m0/s1. The molecule has 1 aromatic heterocycles. The number of aromatic amines is 1. The van der Waals surface area contributed by atoms with E-state index >= 15 is 0 Å². The minimum atomic E-state index is -1.02. The molecule has 4 N–H and O–H groups in total. The van der Waals surface area contributed by atoms with Gasteiger partial charge in [0.2, 0.25) is 0 Å². The van der Waals surface area contributed by atoms with Gasteiger partial charge < -0.3 is 20.3 Å². The third kappa shape index (κ3) is 4.54. The molecule has 22 heavy (non-hydrogen) atoms. The number of benzene rings is 1. The minimum Gasteiger partial charge on any atom is -0.487 e. The molecule has 2 aromatic rings. The predicted octanol–water partition coefficient (Wildman–Crippen LogP) is 0.211. The fraction of sp³-hybridized carbons (Fsp3) is 0.286. The van der Waals surface area contributed by atoms with Crippen molar-refractivity contribution in [2.45, 2.75) is 12.7 Å². The number of amides is 1. The van der Waals surface area contributed by atoms with E-state index in [0.29, 0.717) is 11.4 Å². The average Bonchev–Trinajstić information content (AvgIpc) is 2.99. The molecular formula is C14H16FN3O4. The van der Waals surface area contributed by atoms with Gasteiger partial charge >= 0.3 is 0 Å². The van der Waals surface area contributed by atoms with E-state index in [1.807, 2.05) is 0 Å². The van der Waals surface area contributed by atoms with Crippen LogP contribution in [0.25, 0.3) is 0 Å². The Morgan fingerprint density at radius 1 is 1.45 bits per heavy atom. The first kappa shape index (κ1) is 15.9. The van der Waals surface area contributed by atoms with Crippen LogP contribution in [-0.4, -0.2) is 45.6 Å². The van der Waals surface area contributed by atoms with Crippen LogP contribution in [0.4, 0.5) is 4.39 Å². The number of ether oxygens (including phenoxy) is 1. The molecule has 0 radical (unpaired) electrons. The monoisotopic (exact) mass is 309 g/mol. The van der Waals surface area contributed by atoms with Crippen molar-refractivity contribution in [1.29, 1.82) is 0 Å². The van der Waals surface area contributed by atoms with Gasteiger partial charge in [0.15, 0.2) is 0 Å². The van der Waals surface area contributed by atoms with E-state index in [9.17, 15) is 9.18 Å². The Morgan fingerprint density at radius 2 is 2.27 bits per heavy atom. The molecule has 1 heterocycles. The number of carbonyl (C=O) groups is 1. The molecule has 118 valence electrons. The maximum absolute atomic E-state index is 13.0. The van der Waals surface area contributed by atoms with E-state index in [1.165, 1.54) is 24.3 Å². The molecule has 0 aliphatic heterocycles. The molecule has 0 bridgehead atoms. The van der Waals surface area contributed by atoms with Crippen LogP contribution in [0, 0.1) is 5.82 Å². The Bertz CT molecular complexity index is 632. The second-order valence-corrected chi connectivity index (χ2v) is 4.57. The molecule has 0 aliphatic rings. The van der Waals surface area contributed by atoms with Crippen LogP contribution < -0.4 is 10.1 Å². The summed E-state index contributed by atoms with van der Waals surface area (Å²) < 4.78 is 18.4. The number of aliphatic hydroxyl groups excluding tert-OH is 2. The molecule has 1 atom stereocenters. The molecule has 0 spiro atoms. The molecule has 0 fully saturated rings. The van der Waals surface area contributed by atoms with Crippen molar-refractivity contribution in [3.63, 3.8) is 0 Å². The summed E-state index contributed by atoms with van der Waals surface area (Å²) in [5, 5.41) is 26.7. The molecule has 1 aromatic carbocycles. The first-order valence-electron chi connectivity index (χ1n) is 6.58. The van der Waals surface area contributed by atoms with Crippen molar-refractivity contribution in [2.75, 3.05) is 13.2 Å². The molecule has 0 saturated heterocycles. The fourth-order valence-corrected chi connectivity index (χ4v) is 1.64. The smallest absolute Gasteiger partial charge is 0.271 e. The molecule has 0 saturated carbocycles. The number of nitrogens with zero attached hydrogens (tertiary/aromatic N) is 1. The number of rotatable bonds is 7. The van der Waals surface area contributed by atoms with Gasteiger partial charge in [0.25, 0.3) is 5.91 Å². The van der Waals surface area contributed by atoms with Crippen LogP contribution in [0.3, 0.4) is 0 Å². The summed E-state index contributed by atoms with van der Waals surface area (Å²) >= 11 is 0. The number of nitrogens with one attached hydrogen (secondary N) is 2.